The molecule has 2 amide bonds. The molecule has 0 radical (unpaired) electrons. The fraction of sp³-hybridized carbons (Fsp3) is 0.286. The van der Waals surface area contributed by atoms with Gasteiger partial charge in [-0.1, -0.05) is 12.1 Å². The number of nitrogens with one attached hydrogen (secondary N) is 2. The molecule has 33 heavy (non-hydrogen) atoms. The fourth-order valence-corrected chi connectivity index (χ4v) is 3.04. The van der Waals surface area contributed by atoms with E-state index in [9.17, 15) is 26.7 Å². The van der Waals surface area contributed by atoms with Crippen LogP contribution >= 0.6 is 0 Å². The Morgan fingerprint density at radius 2 is 1.70 bits per heavy atom. The number of hydrogen-bond donors (Lipinski definition) is 2. The van der Waals surface area contributed by atoms with Gasteiger partial charge in [-0.05, 0) is 29.8 Å². The van der Waals surface area contributed by atoms with E-state index < -0.39 is 35.6 Å². The molecule has 0 atom stereocenters. The number of rotatable bonds is 4. The summed E-state index contributed by atoms with van der Waals surface area (Å²) in [5.74, 6) is -4.64. The second kappa shape index (κ2) is 9.94. The van der Waals surface area contributed by atoms with Gasteiger partial charge >= 0.3 is 12.2 Å². The van der Waals surface area contributed by atoms with Crippen LogP contribution in [0.1, 0.15) is 11.1 Å². The van der Waals surface area contributed by atoms with E-state index in [-0.39, 0.29) is 30.9 Å². The van der Waals surface area contributed by atoms with Crippen LogP contribution in [0.2, 0.25) is 0 Å². The lowest BCUT2D eigenvalue weighted by atomic mass is 10.1. The summed E-state index contributed by atoms with van der Waals surface area (Å²) in [7, 11) is 0. The zero-order valence-electron chi connectivity index (χ0n) is 17.1. The highest BCUT2D eigenvalue weighted by Gasteiger charge is 2.38. The van der Waals surface area contributed by atoms with Gasteiger partial charge in [0.05, 0.1) is 25.4 Å². The molecule has 0 aromatic heterocycles. The first-order chi connectivity index (χ1) is 15.6. The third kappa shape index (κ3) is 6.04. The van der Waals surface area contributed by atoms with Crippen molar-refractivity contribution in [1.82, 2.24) is 4.90 Å². The highest BCUT2D eigenvalue weighted by Crippen LogP contribution is 2.25. The molecular weight excluding hydrogens is 451 g/mol. The first kappa shape index (κ1) is 24.1. The van der Waals surface area contributed by atoms with Crippen molar-refractivity contribution in [3.63, 3.8) is 0 Å². The van der Waals surface area contributed by atoms with Crippen molar-refractivity contribution in [2.24, 2.45) is 0 Å². The highest BCUT2D eigenvalue weighted by atomic mass is 19.4. The molecule has 176 valence electrons. The van der Waals surface area contributed by atoms with Crippen LogP contribution in [0.25, 0.3) is 0 Å². The minimum absolute atomic E-state index is 0.0354. The molecular formula is C21H19F5N4O3. The normalized spacial score (nSPS) is 14.0. The molecule has 0 unspecified atom stereocenters. The average Bonchev–Trinajstić information content (AvgIpc) is 2.78. The number of halogens is 5. The van der Waals surface area contributed by atoms with Crippen molar-refractivity contribution < 1.29 is 36.2 Å². The van der Waals surface area contributed by atoms with Gasteiger partial charge in [-0.3, -0.25) is 15.7 Å². The van der Waals surface area contributed by atoms with E-state index in [0.29, 0.717) is 24.8 Å². The summed E-state index contributed by atoms with van der Waals surface area (Å²) in [5.41, 5.74) is 0.279. The topological polar surface area (TPSA) is 89.7 Å². The molecule has 2 aromatic rings. The van der Waals surface area contributed by atoms with Crippen molar-refractivity contribution in [3.05, 3.63) is 65.2 Å². The first-order valence-corrected chi connectivity index (χ1v) is 9.67. The molecule has 0 spiro atoms. The van der Waals surface area contributed by atoms with Gasteiger partial charge in [-0.25, -0.2) is 13.6 Å². The Hall–Kier alpha value is -3.54. The Morgan fingerprint density at radius 3 is 2.27 bits per heavy atom. The molecule has 1 fully saturated rings. The number of ether oxygens (including phenoxy) is 2. The zero-order valence-corrected chi connectivity index (χ0v) is 17.1. The molecule has 3 rings (SSSR count). The number of morpholine rings is 1. The molecule has 2 aromatic carbocycles. The number of anilines is 1. The second-order valence-electron chi connectivity index (χ2n) is 7.02. The highest BCUT2D eigenvalue weighted by molar-refractivity contribution is 6.00. The lowest BCUT2D eigenvalue weighted by Crippen LogP contribution is -2.48. The second-order valence-corrected chi connectivity index (χ2v) is 7.02. The largest absolute Gasteiger partial charge is 0.468 e. The van der Waals surface area contributed by atoms with Crippen LogP contribution in [0.5, 0.6) is 0 Å². The lowest BCUT2D eigenvalue weighted by molar-refractivity contribution is -0.0727. The van der Waals surface area contributed by atoms with Gasteiger partial charge in [0.2, 0.25) is 5.90 Å². The smallest absolute Gasteiger partial charge is 0.416 e. The molecule has 2 N–H and O–H groups in total. The summed E-state index contributed by atoms with van der Waals surface area (Å²) in [4.78, 5) is 15.7. The molecule has 1 heterocycles. The number of nitrogens with zero attached hydrogens (tertiary/aromatic N) is 2. The van der Waals surface area contributed by atoms with E-state index in [1.165, 1.54) is 29.2 Å². The van der Waals surface area contributed by atoms with E-state index in [2.05, 4.69) is 4.74 Å². The number of benzene rings is 2. The summed E-state index contributed by atoms with van der Waals surface area (Å²) in [5, 5.41) is 14.4. The number of carbonyl (C=O) groups is 1. The van der Waals surface area contributed by atoms with Crippen LogP contribution in [-0.2, 0) is 16.0 Å². The van der Waals surface area contributed by atoms with Gasteiger partial charge in [-0.15, -0.1) is 0 Å². The Balaban J connectivity index is 1.81. The van der Waals surface area contributed by atoms with E-state index >= 15 is 0 Å². The van der Waals surface area contributed by atoms with E-state index in [1.54, 1.807) is 0 Å². The molecule has 1 aliphatic heterocycles. The van der Waals surface area contributed by atoms with Crippen LogP contribution in [0.15, 0.2) is 42.5 Å². The molecule has 12 heteroatoms. The number of urea groups is 1. The summed E-state index contributed by atoms with van der Waals surface area (Å²) in [6.07, 6.45) is -5.02. The summed E-state index contributed by atoms with van der Waals surface area (Å²) in [6.45, 7) is 1.07. The van der Waals surface area contributed by atoms with Gasteiger partial charge in [0, 0.05) is 24.7 Å². The Morgan fingerprint density at radius 1 is 1.06 bits per heavy atom. The molecule has 0 aliphatic carbocycles. The molecule has 1 saturated heterocycles. The standard InChI is InChI=1S/C21H19F5N4O3/c22-15-5-6-17(16(23)11-15)30(20(31)29-7-9-32-10-8-29)12-13-1-3-14(4-2-13)18(27)33-19(28)21(24,25)26/h1-6,11,27-28H,7-10,12H2. The van der Waals surface area contributed by atoms with Crippen molar-refractivity contribution in [3.8, 4) is 0 Å². The zero-order chi connectivity index (χ0) is 24.2. The maximum absolute atomic E-state index is 14.5. The van der Waals surface area contributed by atoms with Crippen LogP contribution in [0.3, 0.4) is 0 Å². The third-order valence-electron chi connectivity index (χ3n) is 4.73. The van der Waals surface area contributed by atoms with Crippen molar-refractivity contribution in [2.45, 2.75) is 12.7 Å². The maximum atomic E-state index is 14.5. The molecule has 0 bridgehead atoms. The Bertz CT molecular complexity index is 1040. The lowest BCUT2D eigenvalue weighted by Gasteiger charge is -2.33. The molecule has 7 nitrogen and oxygen atoms in total. The predicted octanol–water partition coefficient (Wildman–Crippen LogP) is 4.31. The molecule has 0 saturated carbocycles. The van der Waals surface area contributed by atoms with Crippen LogP contribution in [0, 0.1) is 22.5 Å². The van der Waals surface area contributed by atoms with E-state index in [4.69, 9.17) is 15.6 Å². The van der Waals surface area contributed by atoms with E-state index in [1.807, 2.05) is 0 Å². The number of amides is 2. The van der Waals surface area contributed by atoms with Gasteiger partial charge in [0.1, 0.15) is 11.6 Å². The van der Waals surface area contributed by atoms with Crippen molar-refractivity contribution in [1.29, 1.82) is 10.8 Å². The van der Waals surface area contributed by atoms with Gasteiger partial charge in [0.25, 0.3) is 5.90 Å². The minimum atomic E-state index is -5.02. The quantitative estimate of drug-likeness (QED) is 0.397. The SMILES string of the molecule is N=C(OC(=N)C(F)(F)F)c1ccc(CN(C(=O)N2CCOCC2)c2ccc(F)cc2F)cc1. The summed E-state index contributed by atoms with van der Waals surface area (Å²) >= 11 is 0. The van der Waals surface area contributed by atoms with Crippen LogP contribution in [-0.4, -0.2) is 55.2 Å². The van der Waals surface area contributed by atoms with E-state index in [0.717, 1.165) is 17.0 Å². The fourth-order valence-electron chi connectivity index (χ4n) is 3.04. The monoisotopic (exact) mass is 470 g/mol. The van der Waals surface area contributed by atoms with Crippen LogP contribution < -0.4 is 4.90 Å². The van der Waals surface area contributed by atoms with Crippen molar-refractivity contribution in [2.75, 3.05) is 31.2 Å². The third-order valence-corrected chi connectivity index (χ3v) is 4.73. The summed E-state index contributed by atoms with van der Waals surface area (Å²) < 4.78 is 74.6. The van der Waals surface area contributed by atoms with Gasteiger partial charge in [0.15, 0.2) is 0 Å². The first-order valence-electron chi connectivity index (χ1n) is 9.67. The summed E-state index contributed by atoms with van der Waals surface area (Å²) in [6, 6.07) is 7.70. The average molecular weight is 470 g/mol. The number of carbonyl (C=O) groups excluding carboxylic acids is 1. The van der Waals surface area contributed by atoms with Gasteiger partial charge < -0.3 is 14.4 Å². The Kier molecular flexibility index (Phi) is 7.26. The number of hydrogen-bond acceptors (Lipinski definition) is 5. The minimum Gasteiger partial charge on any atom is -0.416 e. The molecule has 1 aliphatic rings. The number of alkyl halides is 3. The van der Waals surface area contributed by atoms with Crippen LogP contribution in [0.4, 0.5) is 32.4 Å². The maximum Gasteiger partial charge on any atom is 0.468 e. The van der Waals surface area contributed by atoms with Crippen molar-refractivity contribution >= 4 is 23.5 Å². The Labute approximate surface area is 185 Å². The predicted molar refractivity (Wildman–Crippen MR) is 108 cm³/mol. The van der Waals surface area contributed by atoms with Gasteiger partial charge in [-0.2, -0.15) is 13.2 Å².